The number of hydrogen-bond acceptors (Lipinski definition) is 1. The lowest BCUT2D eigenvalue weighted by atomic mass is 9.94. The largest absolute Gasteiger partial charge is 0.455 e. The van der Waals surface area contributed by atoms with Crippen molar-refractivity contribution in [3.8, 4) is 22.4 Å². The molecule has 0 bridgehead atoms. The molecule has 2 aromatic heterocycles. The Morgan fingerprint density at radius 3 is 2.30 bits per heavy atom. The summed E-state index contributed by atoms with van der Waals surface area (Å²) in [5.41, 5.74) is 7.93. The molecule has 0 radical (unpaired) electrons. The van der Waals surface area contributed by atoms with Crippen LogP contribution in [0.5, 0.6) is 0 Å². The van der Waals surface area contributed by atoms with Crippen molar-refractivity contribution < 1.29 is 17.8 Å². The number of fused-ring (bicyclic) bond motifs is 3. The van der Waals surface area contributed by atoms with E-state index in [1.165, 1.54) is 23.8 Å². The average molecular weight is 443 g/mol. The van der Waals surface area contributed by atoms with Crippen LogP contribution in [0.2, 0.25) is 0 Å². The van der Waals surface area contributed by atoms with Crippen molar-refractivity contribution in [3.05, 3.63) is 89.1 Å². The van der Waals surface area contributed by atoms with E-state index in [4.69, 9.17) is 4.42 Å². The fraction of sp³-hybridized carbons (Fsp3) is 0.207. The van der Waals surface area contributed by atoms with Crippen LogP contribution >= 0.6 is 0 Å². The highest BCUT2D eigenvalue weighted by Gasteiger charge is 2.25. The summed E-state index contributed by atoms with van der Waals surface area (Å²) in [6.07, 6.45) is 2.08. The van der Waals surface area contributed by atoms with Crippen LogP contribution in [0.25, 0.3) is 44.3 Å². The van der Waals surface area contributed by atoms with Gasteiger partial charge in [-0.2, -0.15) is 0 Å². The maximum absolute atomic E-state index is 15.1. The molecule has 0 aliphatic carbocycles. The lowest BCUT2D eigenvalue weighted by Crippen LogP contribution is -2.31. The lowest BCUT2D eigenvalue weighted by molar-refractivity contribution is -0.660. The highest BCUT2D eigenvalue weighted by Crippen LogP contribution is 2.40. The van der Waals surface area contributed by atoms with Crippen molar-refractivity contribution in [1.29, 1.82) is 0 Å². The topological polar surface area (TPSA) is 17.0 Å². The Labute approximate surface area is 192 Å². The molecule has 0 saturated heterocycles. The second-order valence-electron chi connectivity index (χ2n) is 9.14. The van der Waals surface area contributed by atoms with Gasteiger partial charge in [0.05, 0.1) is 10.9 Å². The standard InChI is InChI=1S/C29H26F2NO/c1-16(2)19-6-8-20(9-7-19)23-14-25(32(5)15-18(23)4)27-17(3)12-24(31)28-22-11-10-21(30)13-26(22)33-29(27)28/h6-16H,1-5H3/q+1. The highest BCUT2D eigenvalue weighted by atomic mass is 19.1. The molecule has 33 heavy (non-hydrogen) atoms. The van der Waals surface area contributed by atoms with Crippen LogP contribution in [-0.4, -0.2) is 0 Å². The molecule has 166 valence electrons. The van der Waals surface area contributed by atoms with E-state index in [1.54, 1.807) is 6.07 Å². The van der Waals surface area contributed by atoms with Crippen molar-refractivity contribution >= 4 is 21.9 Å². The monoisotopic (exact) mass is 442 g/mol. The first-order valence-electron chi connectivity index (χ1n) is 11.2. The Morgan fingerprint density at radius 2 is 1.61 bits per heavy atom. The molecule has 0 atom stereocenters. The number of aromatic nitrogens is 1. The van der Waals surface area contributed by atoms with E-state index in [-0.39, 0.29) is 5.82 Å². The molecule has 4 heteroatoms. The fourth-order valence-electron chi connectivity index (χ4n) is 4.70. The van der Waals surface area contributed by atoms with Crippen LogP contribution in [0.3, 0.4) is 0 Å². The minimum atomic E-state index is -0.409. The Hall–Kier alpha value is -3.53. The maximum Gasteiger partial charge on any atom is 0.216 e. The van der Waals surface area contributed by atoms with Crippen LogP contribution < -0.4 is 4.57 Å². The van der Waals surface area contributed by atoms with Crippen molar-refractivity contribution in [3.63, 3.8) is 0 Å². The molecule has 5 aromatic rings. The van der Waals surface area contributed by atoms with E-state index in [9.17, 15) is 4.39 Å². The van der Waals surface area contributed by atoms with Crippen LogP contribution in [0.1, 0.15) is 36.5 Å². The third-order valence-electron chi connectivity index (χ3n) is 6.47. The Morgan fingerprint density at radius 1 is 0.879 bits per heavy atom. The average Bonchev–Trinajstić information content (AvgIpc) is 3.13. The van der Waals surface area contributed by atoms with Crippen molar-refractivity contribution in [1.82, 2.24) is 0 Å². The van der Waals surface area contributed by atoms with Gasteiger partial charge in [0.15, 0.2) is 11.8 Å². The molecule has 3 aromatic carbocycles. The summed E-state index contributed by atoms with van der Waals surface area (Å²) in [6.45, 7) is 8.33. The number of nitrogens with zero attached hydrogens (tertiary/aromatic N) is 1. The molecule has 2 nitrogen and oxygen atoms in total. The summed E-state index contributed by atoms with van der Waals surface area (Å²) in [5.74, 6) is -0.304. The smallest absolute Gasteiger partial charge is 0.216 e. The van der Waals surface area contributed by atoms with Gasteiger partial charge in [-0.25, -0.2) is 13.3 Å². The number of furan rings is 1. The molecule has 0 amide bonds. The summed E-state index contributed by atoms with van der Waals surface area (Å²) in [6, 6.07) is 16.5. The van der Waals surface area contributed by atoms with Gasteiger partial charge < -0.3 is 4.42 Å². The van der Waals surface area contributed by atoms with Crippen molar-refractivity contribution in [2.75, 3.05) is 0 Å². The van der Waals surface area contributed by atoms with Gasteiger partial charge in [-0.15, -0.1) is 0 Å². The van der Waals surface area contributed by atoms with Gasteiger partial charge >= 0.3 is 0 Å². The molecule has 0 aliphatic heterocycles. The maximum atomic E-state index is 15.1. The minimum absolute atomic E-state index is 0.343. The van der Waals surface area contributed by atoms with Gasteiger partial charge in [-0.05, 0) is 60.2 Å². The van der Waals surface area contributed by atoms with Crippen molar-refractivity contribution in [2.24, 2.45) is 7.05 Å². The normalized spacial score (nSPS) is 11.8. The van der Waals surface area contributed by atoms with Gasteiger partial charge in [-0.1, -0.05) is 38.1 Å². The number of aryl methyl sites for hydroxylation is 3. The Balaban J connectivity index is 1.78. The zero-order valence-electron chi connectivity index (χ0n) is 19.5. The summed E-state index contributed by atoms with van der Waals surface area (Å²) in [4.78, 5) is 0. The van der Waals surface area contributed by atoms with Crippen LogP contribution in [0.15, 0.2) is 65.2 Å². The van der Waals surface area contributed by atoms with E-state index in [2.05, 4.69) is 57.3 Å². The summed E-state index contributed by atoms with van der Waals surface area (Å²) >= 11 is 0. The molecule has 0 fully saturated rings. The predicted octanol–water partition coefficient (Wildman–Crippen LogP) is 7.76. The van der Waals surface area contributed by atoms with Crippen LogP contribution in [0, 0.1) is 25.5 Å². The molecule has 0 N–H and O–H groups in total. The van der Waals surface area contributed by atoms with Crippen LogP contribution in [-0.2, 0) is 7.05 Å². The van der Waals surface area contributed by atoms with Crippen molar-refractivity contribution in [2.45, 2.75) is 33.6 Å². The number of benzene rings is 3. The fourth-order valence-corrected chi connectivity index (χ4v) is 4.70. The second kappa shape index (κ2) is 7.80. The number of halogens is 2. The lowest BCUT2D eigenvalue weighted by Gasteiger charge is -2.12. The molecule has 0 aliphatic rings. The van der Waals surface area contributed by atoms with E-state index in [0.717, 1.165) is 33.5 Å². The number of rotatable bonds is 3. The first-order chi connectivity index (χ1) is 15.7. The second-order valence-corrected chi connectivity index (χ2v) is 9.14. The Bertz CT molecular complexity index is 1530. The molecule has 2 heterocycles. The molecule has 0 unspecified atom stereocenters. The first kappa shape index (κ1) is 21.3. The van der Waals surface area contributed by atoms with Gasteiger partial charge in [0.1, 0.15) is 24.3 Å². The van der Waals surface area contributed by atoms with E-state index in [0.29, 0.717) is 27.9 Å². The van der Waals surface area contributed by atoms with Gasteiger partial charge in [0, 0.05) is 23.1 Å². The minimum Gasteiger partial charge on any atom is -0.455 e. The highest BCUT2D eigenvalue weighted by molar-refractivity contribution is 6.10. The number of pyridine rings is 1. The molecular weight excluding hydrogens is 416 g/mol. The van der Waals surface area contributed by atoms with E-state index >= 15 is 4.39 Å². The SMILES string of the molecule is Cc1c[n+](C)c(-c2c(C)cc(F)c3c2oc2cc(F)ccc23)cc1-c1ccc(C(C)C)cc1. The molecule has 0 spiro atoms. The van der Waals surface area contributed by atoms with Gasteiger partial charge in [0.2, 0.25) is 5.69 Å². The van der Waals surface area contributed by atoms with E-state index < -0.39 is 5.82 Å². The summed E-state index contributed by atoms with van der Waals surface area (Å²) < 4.78 is 37.0. The van der Waals surface area contributed by atoms with Crippen LogP contribution in [0.4, 0.5) is 8.78 Å². The third kappa shape index (κ3) is 3.50. The first-order valence-corrected chi connectivity index (χ1v) is 11.2. The van der Waals surface area contributed by atoms with Gasteiger partial charge in [-0.3, -0.25) is 0 Å². The quantitative estimate of drug-likeness (QED) is 0.261. The summed E-state index contributed by atoms with van der Waals surface area (Å²) in [7, 11) is 1.98. The third-order valence-corrected chi connectivity index (χ3v) is 6.47. The predicted molar refractivity (Wildman–Crippen MR) is 129 cm³/mol. The zero-order chi connectivity index (χ0) is 23.4. The molecule has 5 rings (SSSR count). The molecular formula is C29H26F2NO+. The summed E-state index contributed by atoms with van der Waals surface area (Å²) in [5, 5.41) is 0.957. The van der Waals surface area contributed by atoms with E-state index in [1.807, 2.05) is 18.5 Å². The zero-order valence-corrected chi connectivity index (χ0v) is 19.5. The molecule has 0 saturated carbocycles. The number of hydrogen-bond donors (Lipinski definition) is 0. The Kier molecular flexibility index (Phi) is 5.04. The van der Waals surface area contributed by atoms with Gasteiger partial charge in [0.25, 0.3) is 0 Å².